The maximum atomic E-state index is 5.36. The van der Waals surface area contributed by atoms with Gasteiger partial charge in [0.2, 0.25) is 0 Å². The summed E-state index contributed by atoms with van der Waals surface area (Å²) in [6.45, 7) is 2.14. The molecule has 15 heavy (non-hydrogen) atoms. The number of fused-ring (bicyclic) bond motifs is 1. The SMILES string of the molecule is CCc1cc2cc(Br)ccc2cc1OC. The molecule has 0 saturated carbocycles. The van der Waals surface area contributed by atoms with Gasteiger partial charge in [0.25, 0.3) is 0 Å². The van der Waals surface area contributed by atoms with E-state index < -0.39 is 0 Å². The molecule has 0 spiro atoms. The Kier molecular flexibility index (Phi) is 2.96. The molecule has 2 aromatic carbocycles. The molecular formula is C13H13BrO. The molecule has 0 aliphatic heterocycles. The van der Waals surface area contributed by atoms with E-state index in [9.17, 15) is 0 Å². The smallest absolute Gasteiger partial charge is 0.122 e. The van der Waals surface area contributed by atoms with Crippen molar-refractivity contribution in [2.24, 2.45) is 0 Å². The molecule has 0 bridgehead atoms. The number of ether oxygens (including phenoxy) is 1. The monoisotopic (exact) mass is 264 g/mol. The zero-order chi connectivity index (χ0) is 10.8. The summed E-state index contributed by atoms with van der Waals surface area (Å²) < 4.78 is 6.48. The molecule has 0 fully saturated rings. The summed E-state index contributed by atoms with van der Waals surface area (Å²) in [6.07, 6.45) is 0.992. The van der Waals surface area contributed by atoms with Gasteiger partial charge in [0.15, 0.2) is 0 Å². The molecule has 2 aromatic rings. The first-order chi connectivity index (χ1) is 7.24. The predicted molar refractivity (Wildman–Crippen MR) is 67.6 cm³/mol. The van der Waals surface area contributed by atoms with Crippen LogP contribution in [-0.2, 0) is 6.42 Å². The summed E-state index contributed by atoms with van der Waals surface area (Å²) in [4.78, 5) is 0. The number of halogens is 1. The predicted octanol–water partition coefficient (Wildman–Crippen LogP) is 4.17. The minimum absolute atomic E-state index is 0.979. The Morgan fingerprint density at radius 3 is 2.60 bits per heavy atom. The van der Waals surface area contributed by atoms with Gasteiger partial charge in [-0.1, -0.05) is 28.9 Å². The maximum Gasteiger partial charge on any atom is 0.122 e. The number of aryl methyl sites for hydroxylation is 1. The van der Waals surface area contributed by atoms with Crippen LogP contribution in [0.1, 0.15) is 12.5 Å². The molecule has 0 radical (unpaired) electrons. The largest absolute Gasteiger partial charge is 0.496 e. The normalized spacial score (nSPS) is 10.6. The molecule has 0 amide bonds. The van der Waals surface area contributed by atoms with Crippen molar-refractivity contribution in [2.75, 3.05) is 7.11 Å². The van der Waals surface area contributed by atoms with Crippen LogP contribution in [0.2, 0.25) is 0 Å². The van der Waals surface area contributed by atoms with Crippen molar-refractivity contribution in [1.82, 2.24) is 0 Å². The minimum Gasteiger partial charge on any atom is -0.496 e. The van der Waals surface area contributed by atoms with Gasteiger partial charge in [-0.05, 0) is 47.0 Å². The molecule has 0 N–H and O–H groups in total. The second-order valence-corrected chi connectivity index (χ2v) is 4.42. The summed E-state index contributed by atoms with van der Waals surface area (Å²) in [6, 6.07) is 10.6. The molecule has 78 valence electrons. The van der Waals surface area contributed by atoms with E-state index in [4.69, 9.17) is 4.74 Å². The van der Waals surface area contributed by atoms with Crippen LogP contribution in [0.3, 0.4) is 0 Å². The van der Waals surface area contributed by atoms with Crippen LogP contribution < -0.4 is 4.74 Å². The lowest BCUT2D eigenvalue weighted by Gasteiger charge is -2.08. The van der Waals surface area contributed by atoms with E-state index in [1.807, 2.05) is 6.07 Å². The highest BCUT2D eigenvalue weighted by molar-refractivity contribution is 9.10. The van der Waals surface area contributed by atoms with Crippen molar-refractivity contribution in [1.29, 1.82) is 0 Å². The average Bonchev–Trinajstić information content (AvgIpc) is 2.27. The number of hydrogen-bond donors (Lipinski definition) is 0. The van der Waals surface area contributed by atoms with E-state index in [1.54, 1.807) is 7.11 Å². The van der Waals surface area contributed by atoms with Crippen LogP contribution >= 0.6 is 15.9 Å². The Morgan fingerprint density at radius 2 is 1.93 bits per heavy atom. The molecule has 0 aromatic heterocycles. The molecule has 0 atom stereocenters. The Bertz CT molecular complexity index is 491. The molecule has 1 nitrogen and oxygen atoms in total. The summed E-state index contributed by atoms with van der Waals surface area (Å²) in [7, 11) is 1.72. The second-order valence-electron chi connectivity index (χ2n) is 3.51. The zero-order valence-corrected chi connectivity index (χ0v) is 10.5. The van der Waals surface area contributed by atoms with E-state index in [2.05, 4.69) is 47.1 Å². The van der Waals surface area contributed by atoms with Gasteiger partial charge in [-0.2, -0.15) is 0 Å². The van der Waals surface area contributed by atoms with Crippen LogP contribution in [-0.4, -0.2) is 7.11 Å². The van der Waals surface area contributed by atoms with E-state index in [0.717, 1.165) is 16.6 Å². The molecular weight excluding hydrogens is 252 g/mol. The van der Waals surface area contributed by atoms with Crippen molar-refractivity contribution in [2.45, 2.75) is 13.3 Å². The summed E-state index contributed by atoms with van der Waals surface area (Å²) in [5, 5.41) is 2.47. The summed E-state index contributed by atoms with van der Waals surface area (Å²) in [5.74, 6) is 0.979. The standard InChI is InChI=1S/C13H13BrO/c1-3-9-6-11-7-12(14)5-4-10(11)8-13(9)15-2/h4-8H,3H2,1-2H3. The average molecular weight is 265 g/mol. The van der Waals surface area contributed by atoms with Gasteiger partial charge in [0.1, 0.15) is 5.75 Å². The highest BCUT2D eigenvalue weighted by Crippen LogP contribution is 2.28. The van der Waals surface area contributed by atoms with Gasteiger partial charge in [-0.3, -0.25) is 0 Å². The summed E-state index contributed by atoms with van der Waals surface area (Å²) >= 11 is 3.48. The van der Waals surface area contributed by atoms with Crippen LogP contribution in [0.15, 0.2) is 34.8 Å². The van der Waals surface area contributed by atoms with Gasteiger partial charge in [-0.15, -0.1) is 0 Å². The van der Waals surface area contributed by atoms with E-state index in [1.165, 1.54) is 16.3 Å². The Hall–Kier alpha value is -1.02. The fourth-order valence-electron chi connectivity index (χ4n) is 1.76. The maximum absolute atomic E-state index is 5.36. The molecule has 0 unspecified atom stereocenters. The lowest BCUT2D eigenvalue weighted by Crippen LogP contribution is -1.90. The first-order valence-electron chi connectivity index (χ1n) is 5.00. The first kappa shape index (κ1) is 10.5. The number of benzene rings is 2. The van der Waals surface area contributed by atoms with E-state index in [-0.39, 0.29) is 0 Å². The molecule has 2 heteroatoms. The third kappa shape index (κ3) is 2.00. The fraction of sp³-hybridized carbons (Fsp3) is 0.231. The number of rotatable bonds is 2. The van der Waals surface area contributed by atoms with Crippen molar-refractivity contribution in [3.8, 4) is 5.75 Å². The third-order valence-corrected chi connectivity index (χ3v) is 3.08. The zero-order valence-electron chi connectivity index (χ0n) is 8.88. The van der Waals surface area contributed by atoms with Crippen LogP contribution in [0.5, 0.6) is 5.75 Å². The van der Waals surface area contributed by atoms with Crippen molar-refractivity contribution in [3.63, 3.8) is 0 Å². The van der Waals surface area contributed by atoms with Crippen molar-refractivity contribution >= 4 is 26.7 Å². The number of methoxy groups -OCH3 is 1. The Balaban J connectivity index is 2.69. The highest BCUT2D eigenvalue weighted by atomic mass is 79.9. The molecule has 0 aliphatic carbocycles. The van der Waals surface area contributed by atoms with Gasteiger partial charge in [-0.25, -0.2) is 0 Å². The van der Waals surface area contributed by atoms with E-state index >= 15 is 0 Å². The fourth-order valence-corrected chi connectivity index (χ4v) is 2.14. The molecule has 2 rings (SSSR count). The van der Waals surface area contributed by atoms with E-state index in [0.29, 0.717) is 0 Å². The van der Waals surface area contributed by atoms with Crippen LogP contribution in [0, 0.1) is 0 Å². The van der Waals surface area contributed by atoms with Crippen LogP contribution in [0.4, 0.5) is 0 Å². The highest BCUT2D eigenvalue weighted by Gasteiger charge is 2.03. The molecule has 0 aliphatic rings. The van der Waals surface area contributed by atoms with Gasteiger partial charge >= 0.3 is 0 Å². The lowest BCUT2D eigenvalue weighted by molar-refractivity contribution is 0.411. The number of hydrogen-bond acceptors (Lipinski definition) is 1. The Labute approximate surface area is 98.2 Å². The quantitative estimate of drug-likeness (QED) is 0.791. The molecule has 0 heterocycles. The van der Waals surface area contributed by atoms with Crippen LogP contribution in [0.25, 0.3) is 10.8 Å². The minimum atomic E-state index is 0.979. The van der Waals surface area contributed by atoms with Gasteiger partial charge in [0, 0.05) is 4.47 Å². The second kappa shape index (κ2) is 4.23. The lowest BCUT2D eigenvalue weighted by atomic mass is 10.0. The summed E-state index contributed by atoms with van der Waals surface area (Å²) in [5.41, 5.74) is 1.25. The molecule has 0 saturated heterocycles. The third-order valence-electron chi connectivity index (χ3n) is 2.58. The Morgan fingerprint density at radius 1 is 1.13 bits per heavy atom. The van der Waals surface area contributed by atoms with Crippen molar-refractivity contribution in [3.05, 3.63) is 40.4 Å². The van der Waals surface area contributed by atoms with Gasteiger partial charge < -0.3 is 4.74 Å². The van der Waals surface area contributed by atoms with Crippen molar-refractivity contribution < 1.29 is 4.74 Å². The topological polar surface area (TPSA) is 9.23 Å². The first-order valence-corrected chi connectivity index (χ1v) is 5.80. The van der Waals surface area contributed by atoms with Gasteiger partial charge in [0.05, 0.1) is 7.11 Å².